The molecule has 2 rings (SSSR count). The van der Waals surface area contributed by atoms with E-state index in [4.69, 9.17) is 10.5 Å². The number of esters is 1. The van der Waals surface area contributed by atoms with Crippen molar-refractivity contribution in [2.75, 3.05) is 0 Å². The van der Waals surface area contributed by atoms with Gasteiger partial charge in [-0.3, -0.25) is 14.4 Å². The van der Waals surface area contributed by atoms with Crippen molar-refractivity contribution in [3.05, 3.63) is 20.3 Å². The normalized spacial score (nSPS) is 15.5. The molecule has 0 saturated heterocycles. The summed E-state index contributed by atoms with van der Waals surface area (Å²) in [4.78, 5) is 38.0. The number of amides is 2. The molecule has 126 valence electrons. The summed E-state index contributed by atoms with van der Waals surface area (Å²) in [6, 6.07) is -0.818. The van der Waals surface area contributed by atoms with Gasteiger partial charge < -0.3 is 15.4 Å². The maximum Gasteiger partial charge on any atom is 0.306 e. The lowest BCUT2D eigenvalue weighted by atomic mass is 10.1. The summed E-state index contributed by atoms with van der Waals surface area (Å²) in [5, 5.41) is 1.85. The molecule has 6 nitrogen and oxygen atoms in total. The minimum absolute atomic E-state index is 0.0312. The summed E-state index contributed by atoms with van der Waals surface area (Å²) >= 11 is 4.72. The molecule has 23 heavy (non-hydrogen) atoms. The molecule has 1 aliphatic rings. The molecule has 0 aliphatic carbocycles. The number of ether oxygens (including phenoxy) is 1. The molecule has 1 unspecified atom stereocenters. The predicted molar refractivity (Wildman–Crippen MR) is 90.0 cm³/mol. The number of thiophene rings is 1. The largest absolute Gasteiger partial charge is 0.460 e. The van der Waals surface area contributed by atoms with Gasteiger partial charge in [-0.25, -0.2) is 0 Å². The van der Waals surface area contributed by atoms with Crippen LogP contribution in [0.15, 0.2) is 9.85 Å². The van der Waals surface area contributed by atoms with Crippen molar-refractivity contribution in [1.82, 2.24) is 4.90 Å². The van der Waals surface area contributed by atoms with Crippen LogP contribution in [0.3, 0.4) is 0 Å². The fourth-order valence-corrected chi connectivity index (χ4v) is 4.04. The highest BCUT2D eigenvalue weighted by atomic mass is 79.9. The first-order chi connectivity index (χ1) is 10.6. The zero-order valence-electron chi connectivity index (χ0n) is 13.2. The average molecular weight is 403 g/mol. The van der Waals surface area contributed by atoms with E-state index in [1.165, 1.54) is 16.2 Å². The van der Waals surface area contributed by atoms with E-state index in [9.17, 15) is 14.4 Å². The molecule has 1 aromatic heterocycles. The summed E-state index contributed by atoms with van der Waals surface area (Å²) in [6.45, 7) is 5.64. The molecule has 0 radical (unpaired) electrons. The van der Waals surface area contributed by atoms with Gasteiger partial charge in [0.25, 0.3) is 5.91 Å². The number of carbonyl (C=O) groups is 3. The molecule has 0 aromatic carbocycles. The van der Waals surface area contributed by atoms with Crippen LogP contribution in [0, 0.1) is 0 Å². The maximum atomic E-state index is 12.4. The second-order valence-corrected chi connectivity index (χ2v) is 8.10. The van der Waals surface area contributed by atoms with Crippen LogP contribution in [0.25, 0.3) is 0 Å². The molecule has 0 saturated carbocycles. The summed E-state index contributed by atoms with van der Waals surface area (Å²) in [6.07, 6.45) is 0.187. The van der Waals surface area contributed by atoms with E-state index in [1.54, 1.807) is 20.8 Å². The Hall–Kier alpha value is -1.41. The number of rotatable bonds is 5. The molecule has 1 aromatic rings. The van der Waals surface area contributed by atoms with Gasteiger partial charge in [-0.1, -0.05) is 0 Å². The summed E-state index contributed by atoms with van der Waals surface area (Å²) in [5.74, 6) is -1.25. The topological polar surface area (TPSA) is 89.7 Å². The number of hydrogen-bond acceptors (Lipinski definition) is 5. The van der Waals surface area contributed by atoms with Crippen molar-refractivity contribution in [3.63, 3.8) is 0 Å². The number of primary amides is 1. The third kappa shape index (κ3) is 4.11. The summed E-state index contributed by atoms with van der Waals surface area (Å²) in [7, 11) is 0. The molecule has 2 amide bonds. The van der Waals surface area contributed by atoms with Crippen LogP contribution in [-0.2, 0) is 20.9 Å². The molecule has 1 atom stereocenters. The number of hydrogen-bond donors (Lipinski definition) is 1. The standard InChI is InChI=1S/C15H19BrN2O4S/c1-15(2,3)22-11(19)5-4-10(13(17)20)18-6-8-9(16)7-23-12(8)14(18)21/h7,10H,4-6H2,1-3H3,(H2,17,20). The van der Waals surface area contributed by atoms with E-state index < -0.39 is 23.5 Å². The van der Waals surface area contributed by atoms with Gasteiger partial charge in [0.2, 0.25) is 5.91 Å². The molecular formula is C15H19BrN2O4S. The SMILES string of the molecule is CC(C)(C)OC(=O)CCC(C(N)=O)N1Cc2c(Br)csc2C1=O. The lowest BCUT2D eigenvalue weighted by Gasteiger charge is -2.26. The minimum Gasteiger partial charge on any atom is -0.460 e. The van der Waals surface area contributed by atoms with Crippen molar-refractivity contribution >= 4 is 45.1 Å². The Morgan fingerprint density at radius 1 is 1.48 bits per heavy atom. The second-order valence-electron chi connectivity index (χ2n) is 6.37. The van der Waals surface area contributed by atoms with Gasteiger partial charge in [0.05, 0.1) is 4.88 Å². The number of nitrogens with two attached hydrogens (primary N) is 1. The van der Waals surface area contributed by atoms with E-state index in [1.807, 2.05) is 5.38 Å². The first kappa shape index (κ1) is 17.9. The molecule has 1 aliphatic heterocycles. The number of carbonyl (C=O) groups excluding carboxylic acids is 3. The Balaban J connectivity index is 2.05. The van der Waals surface area contributed by atoms with Crippen molar-refractivity contribution < 1.29 is 19.1 Å². The van der Waals surface area contributed by atoms with E-state index >= 15 is 0 Å². The first-order valence-corrected chi connectivity index (χ1v) is 8.85. The number of nitrogens with zero attached hydrogens (tertiary/aromatic N) is 1. The van der Waals surface area contributed by atoms with Crippen LogP contribution >= 0.6 is 27.3 Å². The Morgan fingerprint density at radius 3 is 2.65 bits per heavy atom. The van der Waals surface area contributed by atoms with Crippen LogP contribution in [0.5, 0.6) is 0 Å². The minimum atomic E-state index is -0.818. The number of fused-ring (bicyclic) bond motifs is 1. The Bertz CT molecular complexity index is 650. The van der Waals surface area contributed by atoms with Gasteiger partial charge in [0, 0.05) is 28.4 Å². The lowest BCUT2D eigenvalue weighted by molar-refractivity contribution is -0.155. The Kier molecular flexibility index (Phi) is 5.15. The first-order valence-electron chi connectivity index (χ1n) is 7.18. The van der Waals surface area contributed by atoms with Crippen molar-refractivity contribution in [2.45, 2.75) is 51.8 Å². The zero-order valence-corrected chi connectivity index (χ0v) is 15.6. The van der Waals surface area contributed by atoms with Gasteiger partial charge in [0.15, 0.2) is 0 Å². The zero-order chi connectivity index (χ0) is 17.4. The maximum absolute atomic E-state index is 12.4. The summed E-state index contributed by atoms with van der Waals surface area (Å²) < 4.78 is 6.07. The van der Waals surface area contributed by atoms with Crippen molar-refractivity contribution in [3.8, 4) is 0 Å². The van der Waals surface area contributed by atoms with E-state index in [2.05, 4.69) is 15.9 Å². The van der Waals surface area contributed by atoms with Crippen molar-refractivity contribution in [1.29, 1.82) is 0 Å². The molecule has 0 spiro atoms. The molecular weight excluding hydrogens is 384 g/mol. The van der Waals surface area contributed by atoms with Crippen LogP contribution in [0.1, 0.15) is 48.8 Å². The number of halogens is 1. The van der Waals surface area contributed by atoms with Gasteiger partial charge in [0.1, 0.15) is 11.6 Å². The fourth-order valence-electron chi connectivity index (χ4n) is 2.41. The third-order valence-electron chi connectivity index (χ3n) is 3.37. The van der Waals surface area contributed by atoms with Gasteiger partial charge in [-0.2, -0.15) is 0 Å². The monoisotopic (exact) mass is 402 g/mol. The van der Waals surface area contributed by atoms with Gasteiger partial charge in [-0.05, 0) is 43.1 Å². The van der Waals surface area contributed by atoms with Crippen LogP contribution < -0.4 is 5.73 Å². The highest BCUT2D eigenvalue weighted by molar-refractivity contribution is 9.10. The predicted octanol–water partition coefficient (Wildman–Crippen LogP) is 2.44. The fraction of sp³-hybridized carbons (Fsp3) is 0.533. The van der Waals surface area contributed by atoms with E-state index in [0.29, 0.717) is 11.4 Å². The second kappa shape index (κ2) is 6.60. The molecule has 8 heteroatoms. The lowest BCUT2D eigenvalue weighted by Crippen LogP contribution is -2.45. The molecule has 2 N–H and O–H groups in total. The van der Waals surface area contributed by atoms with Crippen LogP contribution in [0.2, 0.25) is 0 Å². The van der Waals surface area contributed by atoms with E-state index in [0.717, 1.165) is 10.0 Å². The molecule has 0 bridgehead atoms. The Labute approximate surface area is 147 Å². The Morgan fingerprint density at radius 2 is 2.13 bits per heavy atom. The quantitative estimate of drug-likeness (QED) is 0.765. The average Bonchev–Trinajstić information content (AvgIpc) is 2.90. The van der Waals surface area contributed by atoms with Gasteiger partial charge >= 0.3 is 5.97 Å². The highest BCUT2D eigenvalue weighted by Crippen LogP contribution is 2.36. The summed E-state index contributed by atoms with van der Waals surface area (Å²) in [5.41, 5.74) is 5.72. The smallest absolute Gasteiger partial charge is 0.306 e. The van der Waals surface area contributed by atoms with Crippen LogP contribution in [-0.4, -0.2) is 34.3 Å². The van der Waals surface area contributed by atoms with Crippen molar-refractivity contribution in [2.24, 2.45) is 5.73 Å². The highest BCUT2D eigenvalue weighted by Gasteiger charge is 2.38. The molecule has 0 fully saturated rings. The van der Waals surface area contributed by atoms with E-state index in [-0.39, 0.29) is 18.7 Å². The molecule has 2 heterocycles. The van der Waals surface area contributed by atoms with Gasteiger partial charge in [-0.15, -0.1) is 11.3 Å². The third-order valence-corrected chi connectivity index (χ3v) is 5.39. The van der Waals surface area contributed by atoms with Crippen LogP contribution in [0.4, 0.5) is 0 Å².